The Kier molecular flexibility index (Phi) is 5.35. The van der Waals surface area contributed by atoms with Crippen LogP contribution < -0.4 is 4.74 Å². The first-order valence-corrected chi connectivity index (χ1v) is 11.8. The lowest BCUT2D eigenvalue weighted by atomic mass is 10.3. The van der Waals surface area contributed by atoms with Crippen molar-refractivity contribution in [1.29, 1.82) is 0 Å². The number of aromatic nitrogens is 4. The van der Waals surface area contributed by atoms with E-state index in [9.17, 15) is 0 Å². The highest BCUT2D eigenvalue weighted by Gasteiger charge is 2.18. The van der Waals surface area contributed by atoms with Crippen molar-refractivity contribution in [2.45, 2.75) is 16.4 Å². The normalized spacial score (nSPS) is 11.0. The summed E-state index contributed by atoms with van der Waals surface area (Å²) in [6.45, 7) is 1.99. The van der Waals surface area contributed by atoms with Crippen molar-refractivity contribution in [3.05, 3.63) is 83.2 Å². The lowest BCUT2D eigenvalue weighted by Gasteiger charge is -2.10. The fourth-order valence-corrected chi connectivity index (χ4v) is 5.37. The van der Waals surface area contributed by atoms with Gasteiger partial charge in [0.05, 0.1) is 10.6 Å². The maximum atomic E-state index is 5.93. The van der Waals surface area contributed by atoms with Gasteiger partial charge in [0.1, 0.15) is 11.5 Å². The minimum absolute atomic E-state index is 0.778. The molecule has 148 valence electrons. The first-order chi connectivity index (χ1) is 14.8. The van der Waals surface area contributed by atoms with Gasteiger partial charge in [0, 0.05) is 11.1 Å². The summed E-state index contributed by atoms with van der Waals surface area (Å²) in [6.07, 6.45) is 0. The third-order valence-corrected chi connectivity index (χ3v) is 7.09. The van der Waals surface area contributed by atoms with Crippen molar-refractivity contribution in [2.75, 3.05) is 0 Å². The van der Waals surface area contributed by atoms with E-state index in [0.29, 0.717) is 0 Å². The SMILES string of the molecule is Cc1csc(Sc2nnc(-c3cccs3)n2-c2ccc(Oc3ccccc3)cc2)n1. The summed E-state index contributed by atoms with van der Waals surface area (Å²) in [5, 5.41) is 13.8. The number of thiazole rings is 1. The summed E-state index contributed by atoms with van der Waals surface area (Å²) in [5.41, 5.74) is 1.98. The number of benzene rings is 2. The molecule has 0 bridgehead atoms. The Morgan fingerprint density at radius 2 is 1.67 bits per heavy atom. The molecule has 3 aromatic heterocycles. The third kappa shape index (κ3) is 4.02. The number of ether oxygens (including phenoxy) is 1. The van der Waals surface area contributed by atoms with Crippen LogP contribution in [0.5, 0.6) is 11.5 Å². The Balaban J connectivity index is 1.50. The zero-order valence-electron chi connectivity index (χ0n) is 15.9. The lowest BCUT2D eigenvalue weighted by Crippen LogP contribution is -1.99. The van der Waals surface area contributed by atoms with Crippen LogP contribution in [0.1, 0.15) is 5.69 Å². The van der Waals surface area contributed by atoms with Gasteiger partial charge in [0.25, 0.3) is 0 Å². The zero-order chi connectivity index (χ0) is 20.3. The van der Waals surface area contributed by atoms with Crippen LogP contribution >= 0.6 is 34.4 Å². The Morgan fingerprint density at radius 3 is 2.37 bits per heavy atom. The Hall–Kier alpha value is -2.94. The maximum Gasteiger partial charge on any atom is 0.203 e. The number of rotatable bonds is 6. The van der Waals surface area contributed by atoms with E-state index in [0.717, 1.165) is 43.1 Å². The summed E-state index contributed by atoms with van der Waals surface area (Å²) in [7, 11) is 0. The van der Waals surface area contributed by atoms with Crippen molar-refractivity contribution in [3.63, 3.8) is 0 Å². The van der Waals surface area contributed by atoms with Gasteiger partial charge >= 0.3 is 0 Å². The van der Waals surface area contributed by atoms with Crippen molar-refractivity contribution < 1.29 is 4.74 Å². The fourth-order valence-electron chi connectivity index (χ4n) is 2.88. The standard InChI is InChI=1S/C22H16N4OS3/c1-15-14-29-22(23-15)30-21-25-24-20(19-8-5-13-28-19)26(21)16-9-11-18(12-10-16)27-17-6-3-2-4-7-17/h2-14H,1H3. The molecule has 8 heteroatoms. The van der Waals surface area contributed by atoms with Crippen LogP contribution in [0.25, 0.3) is 16.4 Å². The van der Waals surface area contributed by atoms with E-state index in [4.69, 9.17) is 4.74 Å². The number of aryl methyl sites for hydroxylation is 1. The predicted octanol–water partition coefficient (Wildman–Crippen LogP) is 6.70. The van der Waals surface area contributed by atoms with E-state index in [1.807, 2.05) is 78.3 Å². The molecule has 3 heterocycles. The zero-order valence-corrected chi connectivity index (χ0v) is 18.4. The van der Waals surface area contributed by atoms with Gasteiger partial charge in [-0.15, -0.1) is 32.9 Å². The van der Waals surface area contributed by atoms with E-state index < -0.39 is 0 Å². The van der Waals surface area contributed by atoms with E-state index in [2.05, 4.69) is 25.8 Å². The molecular weight excluding hydrogens is 432 g/mol. The molecule has 0 unspecified atom stereocenters. The van der Waals surface area contributed by atoms with Crippen LogP contribution in [0.4, 0.5) is 0 Å². The summed E-state index contributed by atoms with van der Waals surface area (Å²) in [6, 6.07) is 21.8. The first kappa shape index (κ1) is 19.0. The minimum Gasteiger partial charge on any atom is -0.457 e. The first-order valence-electron chi connectivity index (χ1n) is 9.19. The highest BCUT2D eigenvalue weighted by atomic mass is 32.2. The van der Waals surface area contributed by atoms with Gasteiger partial charge < -0.3 is 4.74 Å². The molecule has 5 nitrogen and oxygen atoms in total. The molecule has 0 spiro atoms. The molecule has 0 aliphatic rings. The topological polar surface area (TPSA) is 52.8 Å². The van der Waals surface area contributed by atoms with Crippen molar-refractivity contribution in [3.8, 4) is 27.9 Å². The van der Waals surface area contributed by atoms with Crippen LogP contribution in [0.2, 0.25) is 0 Å². The Bertz CT molecular complexity index is 1250. The molecular formula is C22H16N4OS3. The van der Waals surface area contributed by atoms with Gasteiger partial charge in [0.2, 0.25) is 5.16 Å². The van der Waals surface area contributed by atoms with Crippen LogP contribution in [-0.2, 0) is 0 Å². The smallest absolute Gasteiger partial charge is 0.203 e. The summed E-state index contributed by atoms with van der Waals surface area (Å²) >= 11 is 4.78. The molecule has 0 N–H and O–H groups in total. The van der Waals surface area contributed by atoms with Crippen LogP contribution in [0.15, 0.2) is 87.0 Å². The molecule has 2 aromatic carbocycles. The second kappa shape index (κ2) is 8.43. The fraction of sp³-hybridized carbons (Fsp3) is 0.0455. The molecule has 30 heavy (non-hydrogen) atoms. The second-order valence-electron chi connectivity index (χ2n) is 6.38. The molecule has 5 rings (SSSR count). The van der Waals surface area contributed by atoms with E-state index in [1.54, 1.807) is 22.7 Å². The molecule has 0 amide bonds. The van der Waals surface area contributed by atoms with Crippen molar-refractivity contribution in [2.24, 2.45) is 0 Å². The van der Waals surface area contributed by atoms with Gasteiger partial charge in [-0.05, 0) is 66.5 Å². The quantitative estimate of drug-likeness (QED) is 0.289. The van der Waals surface area contributed by atoms with Crippen molar-refractivity contribution in [1.82, 2.24) is 19.7 Å². The van der Waals surface area contributed by atoms with E-state index >= 15 is 0 Å². The van der Waals surface area contributed by atoms with Crippen molar-refractivity contribution >= 4 is 34.4 Å². The maximum absolute atomic E-state index is 5.93. The summed E-state index contributed by atoms with van der Waals surface area (Å²) in [5.74, 6) is 2.40. The van der Waals surface area contributed by atoms with Gasteiger partial charge in [-0.1, -0.05) is 24.3 Å². The van der Waals surface area contributed by atoms with Crippen LogP contribution in [0.3, 0.4) is 0 Å². The third-order valence-electron chi connectivity index (χ3n) is 4.23. The molecule has 0 aliphatic carbocycles. The molecule has 0 atom stereocenters. The molecule has 0 aliphatic heterocycles. The summed E-state index contributed by atoms with van der Waals surface area (Å²) < 4.78 is 8.95. The largest absolute Gasteiger partial charge is 0.457 e. The predicted molar refractivity (Wildman–Crippen MR) is 122 cm³/mol. The van der Waals surface area contributed by atoms with Crippen LogP contribution in [0, 0.1) is 6.92 Å². The van der Waals surface area contributed by atoms with Gasteiger partial charge in [-0.25, -0.2) is 4.98 Å². The van der Waals surface area contributed by atoms with Crippen LogP contribution in [-0.4, -0.2) is 19.7 Å². The highest BCUT2D eigenvalue weighted by Crippen LogP contribution is 2.35. The number of thiophene rings is 1. The van der Waals surface area contributed by atoms with E-state index in [-0.39, 0.29) is 0 Å². The Morgan fingerprint density at radius 1 is 0.867 bits per heavy atom. The second-order valence-corrected chi connectivity index (χ2v) is 9.40. The van der Waals surface area contributed by atoms with Gasteiger partial charge in [-0.3, -0.25) is 4.57 Å². The molecule has 0 saturated heterocycles. The molecule has 0 radical (unpaired) electrons. The van der Waals surface area contributed by atoms with E-state index in [1.165, 1.54) is 11.8 Å². The number of para-hydroxylation sites is 1. The highest BCUT2D eigenvalue weighted by molar-refractivity contribution is 8.00. The molecule has 0 saturated carbocycles. The average Bonchev–Trinajstić information content (AvgIpc) is 3.51. The monoisotopic (exact) mass is 448 g/mol. The number of nitrogens with zero attached hydrogens (tertiary/aromatic N) is 4. The minimum atomic E-state index is 0.778. The van der Waals surface area contributed by atoms with Gasteiger partial charge in [0.15, 0.2) is 10.2 Å². The molecule has 5 aromatic rings. The molecule has 0 fully saturated rings. The summed E-state index contributed by atoms with van der Waals surface area (Å²) in [4.78, 5) is 5.62. The lowest BCUT2D eigenvalue weighted by molar-refractivity contribution is 0.482. The number of hydrogen-bond acceptors (Lipinski definition) is 7. The van der Waals surface area contributed by atoms with Gasteiger partial charge in [-0.2, -0.15) is 0 Å². The number of hydrogen-bond donors (Lipinski definition) is 0. The Labute approximate surface area is 186 Å². The average molecular weight is 449 g/mol.